The Labute approximate surface area is 106 Å². The van der Waals surface area contributed by atoms with Gasteiger partial charge in [0, 0.05) is 18.8 Å². The van der Waals surface area contributed by atoms with Gasteiger partial charge in [0.2, 0.25) is 0 Å². The van der Waals surface area contributed by atoms with Gasteiger partial charge >= 0.3 is 0 Å². The number of rotatable bonds is 8. The summed E-state index contributed by atoms with van der Waals surface area (Å²) in [6.45, 7) is 11.0. The Morgan fingerprint density at radius 1 is 1.29 bits per heavy atom. The van der Waals surface area contributed by atoms with E-state index in [1.165, 1.54) is 18.4 Å². The second-order valence-corrected chi connectivity index (χ2v) is 5.51. The number of hydrogen-bond acceptors (Lipinski definition) is 2. The summed E-state index contributed by atoms with van der Waals surface area (Å²) >= 11 is 0. The Hall–Kier alpha value is -0.830. The van der Waals surface area contributed by atoms with Crippen molar-refractivity contribution in [2.45, 2.75) is 59.5 Å². The molecule has 98 valence electrons. The minimum atomic E-state index is 0.587. The van der Waals surface area contributed by atoms with Crippen LogP contribution in [-0.2, 0) is 13.0 Å². The fourth-order valence-corrected chi connectivity index (χ4v) is 1.73. The van der Waals surface area contributed by atoms with E-state index in [9.17, 15) is 0 Å². The number of aromatic nitrogens is 2. The van der Waals surface area contributed by atoms with Crippen LogP contribution in [0.5, 0.6) is 0 Å². The molecule has 0 aromatic carbocycles. The molecule has 1 aromatic heterocycles. The third kappa shape index (κ3) is 6.47. The van der Waals surface area contributed by atoms with E-state index in [1.54, 1.807) is 0 Å². The van der Waals surface area contributed by atoms with Gasteiger partial charge in [-0.3, -0.25) is 4.68 Å². The first kappa shape index (κ1) is 14.2. The molecule has 0 amide bonds. The minimum Gasteiger partial charge on any atom is -0.315 e. The lowest BCUT2D eigenvalue weighted by atomic mass is 10.1. The van der Waals surface area contributed by atoms with Gasteiger partial charge in [0.05, 0.1) is 6.20 Å². The highest BCUT2D eigenvalue weighted by Gasteiger charge is 2.00. The molecule has 0 atom stereocenters. The Morgan fingerprint density at radius 3 is 2.71 bits per heavy atom. The summed E-state index contributed by atoms with van der Waals surface area (Å²) in [4.78, 5) is 0. The average molecular weight is 237 g/mol. The number of nitrogens with one attached hydrogen (secondary N) is 1. The summed E-state index contributed by atoms with van der Waals surface area (Å²) in [6.07, 6.45) is 7.72. The van der Waals surface area contributed by atoms with Crippen molar-refractivity contribution in [3.8, 4) is 0 Å². The molecular formula is C14H27N3. The monoisotopic (exact) mass is 237 g/mol. The van der Waals surface area contributed by atoms with E-state index in [-0.39, 0.29) is 0 Å². The average Bonchev–Trinajstić information content (AvgIpc) is 2.69. The van der Waals surface area contributed by atoms with Crippen molar-refractivity contribution in [3.63, 3.8) is 0 Å². The van der Waals surface area contributed by atoms with Gasteiger partial charge < -0.3 is 5.32 Å². The van der Waals surface area contributed by atoms with Gasteiger partial charge in [-0.1, -0.05) is 27.7 Å². The van der Waals surface area contributed by atoms with E-state index in [1.807, 2.05) is 6.20 Å². The van der Waals surface area contributed by atoms with Crippen LogP contribution in [0.3, 0.4) is 0 Å². The molecular weight excluding hydrogens is 210 g/mol. The van der Waals surface area contributed by atoms with Crippen molar-refractivity contribution in [2.75, 3.05) is 6.54 Å². The topological polar surface area (TPSA) is 29.9 Å². The highest BCUT2D eigenvalue weighted by Crippen LogP contribution is 2.05. The van der Waals surface area contributed by atoms with Crippen LogP contribution in [-0.4, -0.2) is 22.4 Å². The van der Waals surface area contributed by atoms with Gasteiger partial charge in [0.25, 0.3) is 0 Å². The largest absolute Gasteiger partial charge is 0.315 e. The molecule has 0 aliphatic rings. The fourth-order valence-electron chi connectivity index (χ4n) is 1.73. The van der Waals surface area contributed by atoms with Gasteiger partial charge in [-0.15, -0.1) is 0 Å². The van der Waals surface area contributed by atoms with Gasteiger partial charge in [0.15, 0.2) is 0 Å². The highest BCUT2D eigenvalue weighted by molar-refractivity contribution is 5.03. The Bertz CT molecular complexity index is 302. The Kier molecular flexibility index (Phi) is 6.27. The quantitative estimate of drug-likeness (QED) is 0.705. The molecule has 0 fully saturated rings. The molecule has 3 nitrogen and oxygen atoms in total. The van der Waals surface area contributed by atoms with Crippen molar-refractivity contribution in [3.05, 3.63) is 18.0 Å². The van der Waals surface area contributed by atoms with Crippen molar-refractivity contribution >= 4 is 0 Å². The van der Waals surface area contributed by atoms with Crippen LogP contribution in [0.15, 0.2) is 12.4 Å². The van der Waals surface area contributed by atoms with E-state index in [0.29, 0.717) is 6.04 Å². The van der Waals surface area contributed by atoms with Crippen molar-refractivity contribution < 1.29 is 0 Å². The van der Waals surface area contributed by atoms with E-state index >= 15 is 0 Å². The fraction of sp³-hybridized carbons (Fsp3) is 0.786. The second-order valence-electron chi connectivity index (χ2n) is 5.51. The summed E-state index contributed by atoms with van der Waals surface area (Å²) in [5, 5.41) is 7.83. The molecule has 0 aliphatic carbocycles. The maximum atomic E-state index is 4.40. The maximum absolute atomic E-state index is 4.40. The van der Waals surface area contributed by atoms with E-state index in [2.05, 4.69) is 49.0 Å². The lowest BCUT2D eigenvalue weighted by molar-refractivity contribution is 0.487. The van der Waals surface area contributed by atoms with Crippen molar-refractivity contribution in [1.29, 1.82) is 0 Å². The zero-order chi connectivity index (χ0) is 12.7. The van der Waals surface area contributed by atoms with Gasteiger partial charge in [-0.05, 0) is 37.3 Å². The Morgan fingerprint density at radius 2 is 2.06 bits per heavy atom. The molecule has 0 bridgehead atoms. The molecule has 0 aliphatic heterocycles. The summed E-state index contributed by atoms with van der Waals surface area (Å²) in [5.41, 5.74) is 1.36. The maximum Gasteiger partial charge on any atom is 0.0521 e. The molecule has 0 saturated carbocycles. The predicted molar refractivity (Wildman–Crippen MR) is 73.1 cm³/mol. The highest BCUT2D eigenvalue weighted by atomic mass is 15.3. The van der Waals surface area contributed by atoms with Crippen LogP contribution in [0, 0.1) is 5.92 Å². The number of nitrogens with zero attached hydrogens (tertiary/aromatic N) is 2. The minimum absolute atomic E-state index is 0.587. The summed E-state index contributed by atoms with van der Waals surface area (Å²) < 4.78 is 2.07. The third-order valence-electron chi connectivity index (χ3n) is 2.82. The molecule has 0 radical (unpaired) electrons. The lowest BCUT2D eigenvalue weighted by Gasteiger charge is -2.06. The van der Waals surface area contributed by atoms with Gasteiger partial charge in [0.1, 0.15) is 0 Å². The van der Waals surface area contributed by atoms with Gasteiger partial charge in [-0.25, -0.2) is 0 Å². The standard InChI is InChI=1S/C14H27N3/c1-12(2)7-9-17-11-14(10-16-17)6-5-8-15-13(3)4/h10-13,15H,5-9H2,1-4H3. The first-order valence-corrected chi connectivity index (χ1v) is 6.82. The zero-order valence-electron chi connectivity index (χ0n) is 11.7. The van der Waals surface area contributed by atoms with E-state index in [0.717, 1.165) is 25.4 Å². The van der Waals surface area contributed by atoms with Crippen LogP contribution in [0.1, 0.15) is 46.1 Å². The van der Waals surface area contributed by atoms with E-state index in [4.69, 9.17) is 0 Å². The molecule has 1 aromatic rings. The molecule has 17 heavy (non-hydrogen) atoms. The first-order chi connectivity index (χ1) is 8.08. The molecule has 1 heterocycles. The molecule has 0 spiro atoms. The van der Waals surface area contributed by atoms with Crippen LogP contribution in [0.4, 0.5) is 0 Å². The van der Waals surface area contributed by atoms with Crippen LogP contribution in [0.25, 0.3) is 0 Å². The number of aryl methyl sites for hydroxylation is 2. The normalized spacial score (nSPS) is 11.6. The van der Waals surface area contributed by atoms with Gasteiger partial charge in [-0.2, -0.15) is 5.10 Å². The van der Waals surface area contributed by atoms with Crippen molar-refractivity contribution in [2.24, 2.45) is 5.92 Å². The molecule has 0 unspecified atom stereocenters. The molecule has 3 heteroatoms. The third-order valence-corrected chi connectivity index (χ3v) is 2.82. The summed E-state index contributed by atoms with van der Waals surface area (Å²) in [6, 6.07) is 0.587. The summed E-state index contributed by atoms with van der Waals surface area (Å²) in [7, 11) is 0. The number of hydrogen-bond donors (Lipinski definition) is 1. The SMILES string of the molecule is CC(C)CCn1cc(CCCNC(C)C)cn1. The van der Waals surface area contributed by atoms with Crippen molar-refractivity contribution in [1.82, 2.24) is 15.1 Å². The smallest absolute Gasteiger partial charge is 0.0521 e. The predicted octanol–water partition coefficient (Wildman–Crippen LogP) is 2.86. The lowest BCUT2D eigenvalue weighted by Crippen LogP contribution is -2.23. The molecule has 0 saturated heterocycles. The van der Waals surface area contributed by atoms with Crippen LogP contribution < -0.4 is 5.32 Å². The zero-order valence-corrected chi connectivity index (χ0v) is 11.7. The summed E-state index contributed by atoms with van der Waals surface area (Å²) in [5.74, 6) is 0.748. The molecule has 1 N–H and O–H groups in total. The molecule has 1 rings (SSSR count). The first-order valence-electron chi connectivity index (χ1n) is 6.82. The second kappa shape index (κ2) is 7.49. The Balaban J connectivity index is 2.21. The van der Waals surface area contributed by atoms with Crippen LogP contribution >= 0.6 is 0 Å². The van der Waals surface area contributed by atoms with E-state index < -0.39 is 0 Å². The van der Waals surface area contributed by atoms with Crippen LogP contribution in [0.2, 0.25) is 0 Å².